The summed E-state index contributed by atoms with van der Waals surface area (Å²) in [6, 6.07) is 26.8. The molecule has 1 fully saturated rings. The van der Waals surface area contributed by atoms with Gasteiger partial charge in [0, 0.05) is 0 Å². The summed E-state index contributed by atoms with van der Waals surface area (Å²) in [7, 11) is 0. The molecule has 286 valence electrons. The van der Waals surface area contributed by atoms with Crippen LogP contribution in [-0.4, -0.2) is 33.2 Å². The monoisotopic (exact) mass is 720 g/mol. The zero-order valence-corrected chi connectivity index (χ0v) is 33.4. The molecule has 53 heavy (non-hydrogen) atoms. The summed E-state index contributed by atoms with van der Waals surface area (Å²) in [4.78, 5) is 30.3. The molecule has 2 atom stereocenters. The molecule has 0 aliphatic heterocycles. The van der Waals surface area contributed by atoms with Gasteiger partial charge in [0.05, 0.1) is 23.3 Å². The van der Waals surface area contributed by atoms with Gasteiger partial charge in [-0.05, 0) is 94.9 Å². The molecule has 0 heterocycles. The van der Waals surface area contributed by atoms with E-state index in [1.54, 1.807) is 0 Å². The lowest BCUT2D eigenvalue weighted by atomic mass is 9.74. The van der Waals surface area contributed by atoms with E-state index in [2.05, 4.69) is 90.3 Å². The quantitative estimate of drug-likeness (QED) is 0.0866. The van der Waals surface area contributed by atoms with Gasteiger partial charge >= 0.3 is 0 Å². The summed E-state index contributed by atoms with van der Waals surface area (Å²) < 4.78 is 0. The SMILES string of the molecule is CC(C)CC(O)(CC(C)C)[C@@H](NC(=O)C1(C(=O)N[C@@H](c2cccc3ccccc23)C(O)(CC(C)C)CC(C)C)CCCC1)c1cccc2ccccc12. The largest absolute Gasteiger partial charge is 0.387 e. The fourth-order valence-electron chi connectivity index (χ4n) is 9.55. The maximum absolute atomic E-state index is 15.1. The van der Waals surface area contributed by atoms with Gasteiger partial charge in [-0.2, -0.15) is 0 Å². The maximum atomic E-state index is 15.1. The predicted molar refractivity (Wildman–Crippen MR) is 218 cm³/mol. The van der Waals surface area contributed by atoms with Crippen molar-refractivity contribution in [1.29, 1.82) is 0 Å². The van der Waals surface area contributed by atoms with E-state index >= 15 is 9.59 Å². The van der Waals surface area contributed by atoms with Crippen LogP contribution in [0.2, 0.25) is 0 Å². The van der Waals surface area contributed by atoms with Crippen LogP contribution in [0.25, 0.3) is 21.5 Å². The van der Waals surface area contributed by atoms with E-state index < -0.39 is 28.7 Å². The number of hydrogen-bond acceptors (Lipinski definition) is 4. The first-order chi connectivity index (χ1) is 25.1. The van der Waals surface area contributed by atoms with Gasteiger partial charge in [0.2, 0.25) is 11.8 Å². The van der Waals surface area contributed by atoms with E-state index in [1.807, 2.05) is 60.7 Å². The van der Waals surface area contributed by atoms with Gasteiger partial charge < -0.3 is 20.8 Å². The number of amides is 2. The van der Waals surface area contributed by atoms with Crippen molar-refractivity contribution < 1.29 is 19.8 Å². The highest BCUT2D eigenvalue weighted by Crippen LogP contribution is 2.45. The van der Waals surface area contributed by atoms with Gasteiger partial charge in [-0.15, -0.1) is 0 Å². The van der Waals surface area contributed by atoms with Crippen molar-refractivity contribution in [1.82, 2.24) is 10.6 Å². The van der Waals surface area contributed by atoms with E-state index in [-0.39, 0.29) is 35.5 Å². The molecule has 1 aliphatic carbocycles. The van der Waals surface area contributed by atoms with Crippen LogP contribution in [0, 0.1) is 29.1 Å². The van der Waals surface area contributed by atoms with Crippen molar-refractivity contribution >= 4 is 33.4 Å². The van der Waals surface area contributed by atoms with Crippen molar-refractivity contribution in [2.75, 3.05) is 0 Å². The Balaban J connectivity index is 1.62. The molecular formula is C47H64N2O4. The molecule has 0 aromatic heterocycles. The van der Waals surface area contributed by atoms with Crippen molar-refractivity contribution in [2.45, 2.75) is 130 Å². The molecular weight excluding hydrogens is 657 g/mol. The third-order valence-electron chi connectivity index (χ3n) is 11.3. The van der Waals surface area contributed by atoms with Gasteiger partial charge in [-0.3, -0.25) is 9.59 Å². The number of carbonyl (C=O) groups excluding carboxylic acids is 2. The fourth-order valence-corrected chi connectivity index (χ4v) is 9.55. The number of rotatable bonds is 16. The minimum Gasteiger partial charge on any atom is -0.387 e. The van der Waals surface area contributed by atoms with Crippen LogP contribution in [0.4, 0.5) is 0 Å². The summed E-state index contributed by atoms with van der Waals surface area (Å²) >= 11 is 0. The molecule has 2 amide bonds. The van der Waals surface area contributed by atoms with Crippen molar-refractivity contribution in [3.8, 4) is 0 Å². The first kappa shape index (κ1) is 40.4. The zero-order valence-electron chi connectivity index (χ0n) is 33.4. The van der Waals surface area contributed by atoms with Crippen LogP contribution < -0.4 is 10.6 Å². The zero-order chi connectivity index (χ0) is 38.6. The lowest BCUT2D eigenvalue weighted by Crippen LogP contribution is -2.57. The molecule has 0 saturated heterocycles. The highest BCUT2D eigenvalue weighted by Gasteiger charge is 2.52. The van der Waals surface area contributed by atoms with E-state index in [4.69, 9.17) is 0 Å². The maximum Gasteiger partial charge on any atom is 0.236 e. The summed E-state index contributed by atoms with van der Waals surface area (Å²) in [5, 5.41) is 36.3. The molecule has 6 heteroatoms. The summed E-state index contributed by atoms with van der Waals surface area (Å²) in [6.45, 7) is 16.8. The van der Waals surface area contributed by atoms with E-state index in [1.165, 1.54) is 0 Å². The van der Waals surface area contributed by atoms with Crippen LogP contribution in [0.1, 0.15) is 130 Å². The average molecular weight is 721 g/mol. The van der Waals surface area contributed by atoms with Gasteiger partial charge in [0.25, 0.3) is 0 Å². The minimum atomic E-state index is -1.36. The first-order valence-electron chi connectivity index (χ1n) is 20.1. The van der Waals surface area contributed by atoms with Crippen molar-refractivity contribution in [3.05, 3.63) is 96.1 Å². The number of aliphatic hydroxyl groups is 2. The molecule has 4 aromatic rings. The third-order valence-corrected chi connectivity index (χ3v) is 11.3. The smallest absolute Gasteiger partial charge is 0.236 e. The molecule has 4 N–H and O–H groups in total. The highest BCUT2D eigenvalue weighted by molar-refractivity contribution is 6.06. The fraction of sp³-hybridized carbons (Fsp3) is 0.532. The topological polar surface area (TPSA) is 98.7 Å². The standard InChI is InChI=1S/C47H64N2O4/c1-31(2)27-46(52,28-32(3)4)41(39-23-15-19-35-17-9-11-21-37(35)39)48-43(50)45(25-13-14-26-45)44(51)49-42(47(53,29-33(5)6)30-34(7)8)40-24-16-20-36-18-10-12-22-38(36)40/h9-12,15-24,31-34,41-42,52-53H,13-14,25-30H2,1-8H3,(H,48,50)(H,49,51)/t41-,42-/m0/s1. The minimum absolute atomic E-state index is 0.165. The summed E-state index contributed by atoms with van der Waals surface area (Å²) in [5.74, 6) is -0.0553. The van der Waals surface area contributed by atoms with Crippen LogP contribution >= 0.6 is 0 Å². The highest BCUT2D eigenvalue weighted by atomic mass is 16.3. The normalized spacial score (nSPS) is 16.2. The Hall–Kier alpha value is -3.74. The van der Waals surface area contributed by atoms with Crippen molar-refractivity contribution in [3.63, 3.8) is 0 Å². The Labute approximate surface area is 318 Å². The Morgan fingerprint density at radius 2 is 0.868 bits per heavy atom. The second-order valence-electron chi connectivity index (χ2n) is 17.8. The number of hydrogen-bond donors (Lipinski definition) is 4. The lowest BCUT2D eigenvalue weighted by Gasteiger charge is -2.43. The average Bonchev–Trinajstić information content (AvgIpc) is 3.59. The Morgan fingerprint density at radius 3 is 1.21 bits per heavy atom. The Morgan fingerprint density at radius 1 is 0.547 bits per heavy atom. The van der Waals surface area contributed by atoms with E-state index in [0.717, 1.165) is 45.5 Å². The van der Waals surface area contributed by atoms with Gasteiger partial charge in [-0.25, -0.2) is 0 Å². The van der Waals surface area contributed by atoms with Crippen molar-refractivity contribution in [2.24, 2.45) is 29.1 Å². The number of nitrogens with one attached hydrogen (secondary N) is 2. The molecule has 5 rings (SSSR count). The second-order valence-corrected chi connectivity index (χ2v) is 17.8. The summed E-state index contributed by atoms with van der Waals surface area (Å²) in [5.41, 5.74) is -2.19. The number of fused-ring (bicyclic) bond motifs is 2. The molecule has 6 nitrogen and oxygen atoms in total. The van der Waals surface area contributed by atoms with Crippen LogP contribution in [0.3, 0.4) is 0 Å². The second kappa shape index (κ2) is 16.7. The molecule has 0 radical (unpaired) electrons. The summed E-state index contributed by atoms with van der Waals surface area (Å²) in [6.07, 6.45) is 4.21. The predicted octanol–water partition coefficient (Wildman–Crippen LogP) is 10.2. The van der Waals surface area contributed by atoms with Gasteiger partial charge in [-0.1, -0.05) is 153 Å². The van der Waals surface area contributed by atoms with Crippen LogP contribution in [0.15, 0.2) is 84.9 Å². The van der Waals surface area contributed by atoms with E-state index in [9.17, 15) is 10.2 Å². The van der Waals surface area contributed by atoms with Gasteiger partial charge in [0.15, 0.2) is 0 Å². The Kier molecular flexibility index (Phi) is 12.8. The Bertz CT molecular complexity index is 1690. The molecule has 1 aliphatic rings. The molecule has 4 aromatic carbocycles. The van der Waals surface area contributed by atoms with E-state index in [0.29, 0.717) is 38.5 Å². The third kappa shape index (κ3) is 8.98. The molecule has 0 unspecified atom stereocenters. The molecule has 1 saturated carbocycles. The van der Waals surface area contributed by atoms with Crippen LogP contribution in [0.5, 0.6) is 0 Å². The number of benzene rings is 4. The molecule has 0 bridgehead atoms. The van der Waals surface area contributed by atoms with Crippen LogP contribution in [-0.2, 0) is 9.59 Å². The first-order valence-corrected chi connectivity index (χ1v) is 20.1. The number of carbonyl (C=O) groups is 2. The van der Waals surface area contributed by atoms with Gasteiger partial charge in [0.1, 0.15) is 5.41 Å². The lowest BCUT2D eigenvalue weighted by molar-refractivity contribution is -0.148. The molecule has 0 spiro atoms.